The lowest BCUT2D eigenvalue weighted by Gasteiger charge is -2.40. The molecule has 0 amide bonds. The summed E-state index contributed by atoms with van der Waals surface area (Å²) in [6.45, 7) is 3.58. The number of nitrogens with one attached hydrogen (secondary N) is 1. The lowest BCUT2D eigenvalue weighted by molar-refractivity contribution is -0.141. The van der Waals surface area contributed by atoms with Crippen molar-refractivity contribution in [2.24, 2.45) is 5.41 Å². The topological polar surface area (TPSA) is 83.5 Å². The van der Waals surface area contributed by atoms with Crippen molar-refractivity contribution in [2.75, 3.05) is 12.3 Å². The second kappa shape index (κ2) is 4.97. The van der Waals surface area contributed by atoms with E-state index in [0.29, 0.717) is 0 Å². The van der Waals surface area contributed by atoms with Gasteiger partial charge in [0.25, 0.3) is 0 Å². The molecule has 0 unspecified atom stereocenters. The van der Waals surface area contributed by atoms with Gasteiger partial charge in [0.2, 0.25) is 10.0 Å². The van der Waals surface area contributed by atoms with E-state index in [-0.39, 0.29) is 24.1 Å². The molecule has 0 heterocycles. The number of carboxylic acid groups (broad SMARTS) is 1. The molecule has 1 saturated carbocycles. The molecule has 2 N–H and O–H groups in total. The van der Waals surface area contributed by atoms with Crippen LogP contribution in [0.1, 0.15) is 25.7 Å². The van der Waals surface area contributed by atoms with Crippen LogP contribution in [0.15, 0.2) is 12.7 Å². The van der Waals surface area contributed by atoms with Crippen LogP contribution in [-0.4, -0.2) is 31.8 Å². The van der Waals surface area contributed by atoms with E-state index in [2.05, 4.69) is 11.3 Å². The predicted octanol–water partition coefficient (Wildman–Crippen LogP) is 0.737. The van der Waals surface area contributed by atoms with E-state index in [1.54, 1.807) is 0 Å². The SMILES string of the molecule is C=CCS(=O)(=O)NCC1(CC(=O)O)CCC1. The van der Waals surface area contributed by atoms with Crippen molar-refractivity contribution < 1.29 is 18.3 Å². The van der Waals surface area contributed by atoms with Gasteiger partial charge in [-0.2, -0.15) is 0 Å². The van der Waals surface area contributed by atoms with Crippen LogP contribution in [0.25, 0.3) is 0 Å². The van der Waals surface area contributed by atoms with E-state index in [4.69, 9.17) is 5.11 Å². The Balaban J connectivity index is 2.52. The van der Waals surface area contributed by atoms with Crippen molar-refractivity contribution in [2.45, 2.75) is 25.7 Å². The zero-order chi connectivity index (χ0) is 12.2. The zero-order valence-electron chi connectivity index (χ0n) is 9.11. The molecular weight excluding hydrogens is 230 g/mol. The first-order chi connectivity index (χ1) is 7.39. The van der Waals surface area contributed by atoms with Crippen LogP contribution in [0.3, 0.4) is 0 Å². The largest absolute Gasteiger partial charge is 0.481 e. The van der Waals surface area contributed by atoms with Crippen LogP contribution >= 0.6 is 0 Å². The molecule has 0 bridgehead atoms. The summed E-state index contributed by atoms with van der Waals surface area (Å²) in [4.78, 5) is 10.7. The van der Waals surface area contributed by atoms with Gasteiger partial charge in [-0.25, -0.2) is 13.1 Å². The van der Waals surface area contributed by atoms with Gasteiger partial charge in [0.1, 0.15) is 0 Å². The Labute approximate surface area is 95.6 Å². The van der Waals surface area contributed by atoms with E-state index in [9.17, 15) is 13.2 Å². The van der Waals surface area contributed by atoms with Crippen molar-refractivity contribution in [3.05, 3.63) is 12.7 Å². The molecule has 1 rings (SSSR count). The minimum atomic E-state index is -3.34. The summed E-state index contributed by atoms with van der Waals surface area (Å²) in [6, 6.07) is 0. The van der Waals surface area contributed by atoms with E-state index in [1.807, 2.05) is 0 Å². The molecule has 16 heavy (non-hydrogen) atoms. The van der Waals surface area contributed by atoms with Gasteiger partial charge in [-0.15, -0.1) is 6.58 Å². The standard InChI is InChI=1S/C10H17NO4S/c1-2-6-16(14,15)11-8-10(4-3-5-10)7-9(12)13/h2,11H,1,3-8H2,(H,12,13). The summed E-state index contributed by atoms with van der Waals surface area (Å²) in [6.07, 6.45) is 3.86. The van der Waals surface area contributed by atoms with Gasteiger partial charge in [-0.3, -0.25) is 4.79 Å². The molecule has 1 aliphatic rings. The highest BCUT2D eigenvalue weighted by molar-refractivity contribution is 7.89. The molecule has 0 atom stereocenters. The maximum absolute atomic E-state index is 11.4. The minimum absolute atomic E-state index is 0.0314. The molecule has 0 aromatic carbocycles. The van der Waals surface area contributed by atoms with Gasteiger partial charge in [0.05, 0.1) is 12.2 Å². The van der Waals surface area contributed by atoms with Crippen LogP contribution < -0.4 is 4.72 Å². The van der Waals surface area contributed by atoms with Gasteiger partial charge >= 0.3 is 5.97 Å². The molecule has 5 nitrogen and oxygen atoms in total. The third-order valence-corrected chi connectivity index (χ3v) is 4.20. The number of carboxylic acids is 1. The fraction of sp³-hybridized carbons (Fsp3) is 0.700. The maximum Gasteiger partial charge on any atom is 0.303 e. The zero-order valence-corrected chi connectivity index (χ0v) is 9.92. The Hall–Kier alpha value is -0.880. The molecule has 0 aliphatic heterocycles. The average molecular weight is 247 g/mol. The van der Waals surface area contributed by atoms with Gasteiger partial charge in [-0.1, -0.05) is 12.5 Å². The Morgan fingerprint density at radius 2 is 2.12 bits per heavy atom. The molecule has 0 spiro atoms. The van der Waals surface area contributed by atoms with E-state index < -0.39 is 16.0 Å². The molecule has 0 aromatic heterocycles. The molecule has 0 radical (unpaired) electrons. The second-order valence-electron chi connectivity index (χ2n) is 4.32. The fourth-order valence-electron chi connectivity index (χ4n) is 1.89. The summed E-state index contributed by atoms with van der Waals surface area (Å²) in [5.74, 6) is -1.00. The molecule has 1 fully saturated rings. The van der Waals surface area contributed by atoms with Crippen LogP contribution in [0.2, 0.25) is 0 Å². The Morgan fingerprint density at radius 3 is 2.50 bits per heavy atom. The van der Waals surface area contributed by atoms with Crippen molar-refractivity contribution in [3.8, 4) is 0 Å². The Kier molecular flexibility index (Phi) is 4.09. The van der Waals surface area contributed by atoms with Crippen molar-refractivity contribution in [3.63, 3.8) is 0 Å². The first-order valence-electron chi connectivity index (χ1n) is 5.19. The molecular formula is C10H17NO4S. The summed E-state index contributed by atoms with van der Waals surface area (Å²) in [5, 5.41) is 8.75. The highest BCUT2D eigenvalue weighted by Gasteiger charge is 2.39. The second-order valence-corrected chi connectivity index (χ2v) is 6.17. The number of hydrogen-bond acceptors (Lipinski definition) is 3. The summed E-state index contributed by atoms with van der Waals surface area (Å²) < 4.78 is 25.2. The average Bonchev–Trinajstić information content (AvgIpc) is 2.09. The van der Waals surface area contributed by atoms with Crippen LogP contribution in [0.5, 0.6) is 0 Å². The number of carbonyl (C=O) groups is 1. The summed E-state index contributed by atoms with van der Waals surface area (Å²) in [5.41, 5.74) is -0.375. The lowest BCUT2D eigenvalue weighted by atomic mass is 9.67. The van der Waals surface area contributed by atoms with Crippen molar-refractivity contribution >= 4 is 16.0 Å². The number of rotatable bonds is 7. The fourth-order valence-corrected chi connectivity index (χ4v) is 2.85. The normalized spacial score (nSPS) is 18.8. The quantitative estimate of drug-likeness (QED) is 0.650. The lowest BCUT2D eigenvalue weighted by Crippen LogP contribution is -2.43. The highest BCUT2D eigenvalue weighted by atomic mass is 32.2. The third kappa shape index (κ3) is 3.61. The molecule has 92 valence electrons. The smallest absolute Gasteiger partial charge is 0.303 e. The van der Waals surface area contributed by atoms with E-state index in [0.717, 1.165) is 19.3 Å². The number of hydrogen-bond donors (Lipinski definition) is 2. The Morgan fingerprint density at radius 1 is 1.50 bits per heavy atom. The first kappa shape index (κ1) is 13.2. The molecule has 6 heteroatoms. The number of sulfonamides is 1. The van der Waals surface area contributed by atoms with Gasteiger partial charge in [0.15, 0.2) is 0 Å². The minimum Gasteiger partial charge on any atom is -0.481 e. The van der Waals surface area contributed by atoms with Crippen LogP contribution in [0.4, 0.5) is 0 Å². The van der Waals surface area contributed by atoms with E-state index >= 15 is 0 Å². The summed E-state index contributed by atoms with van der Waals surface area (Å²) in [7, 11) is -3.34. The summed E-state index contributed by atoms with van der Waals surface area (Å²) >= 11 is 0. The first-order valence-corrected chi connectivity index (χ1v) is 6.84. The Bertz CT molecular complexity index is 370. The van der Waals surface area contributed by atoms with Gasteiger partial charge < -0.3 is 5.11 Å². The van der Waals surface area contributed by atoms with Crippen LogP contribution in [-0.2, 0) is 14.8 Å². The monoisotopic (exact) mass is 247 g/mol. The third-order valence-electron chi connectivity index (χ3n) is 2.94. The van der Waals surface area contributed by atoms with Crippen molar-refractivity contribution in [1.29, 1.82) is 0 Å². The van der Waals surface area contributed by atoms with E-state index in [1.165, 1.54) is 6.08 Å². The molecule has 1 aliphatic carbocycles. The molecule has 0 saturated heterocycles. The molecule has 0 aromatic rings. The van der Waals surface area contributed by atoms with Gasteiger partial charge in [0, 0.05) is 6.54 Å². The number of aliphatic carboxylic acids is 1. The van der Waals surface area contributed by atoms with Crippen LogP contribution in [0, 0.1) is 5.41 Å². The predicted molar refractivity (Wildman–Crippen MR) is 60.5 cm³/mol. The van der Waals surface area contributed by atoms with Gasteiger partial charge in [-0.05, 0) is 18.3 Å². The maximum atomic E-state index is 11.4. The van der Waals surface area contributed by atoms with Crippen molar-refractivity contribution in [1.82, 2.24) is 4.72 Å². The highest BCUT2D eigenvalue weighted by Crippen LogP contribution is 2.43.